The van der Waals surface area contributed by atoms with Gasteiger partial charge in [0.15, 0.2) is 0 Å². The summed E-state index contributed by atoms with van der Waals surface area (Å²) in [7, 11) is 1.73. The molecule has 1 aliphatic heterocycles. The largest absolute Gasteiger partial charge is 0.495 e. The summed E-state index contributed by atoms with van der Waals surface area (Å²) in [5.41, 5.74) is 6.64. The van der Waals surface area contributed by atoms with E-state index in [1.165, 1.54) is 5.69 Å². The zero-order chi connectivity index (χ0) is 13.5. The van der Waals surface area contributed by atoms with E-state index >= 15 is 0 Å². The van der Waals surface area contributed by atoms with Gasteiger partial charge in [0.2, 0.25) is 0 Å². The fourth-order valence-electron chi connectivity index (χ4n) is 2.38. The number of piperazine rings is 1. The Morgan fingerprint density at radius 2 is 1.89 bits per heavy atom. The molecule has 0 spiro atoms. The third-order valence-electron chi connectivity index (χ3n) is 3.46. The first-order valence-corrected chi connectivity index (χ1v) is 6.80. The predicted molar refractivity (Wildman–Crippen MR) is 79.8 cm³/mol. The van der Waals surface area contributed by atoms with Gasteiger partial charge in [0.1, 0.15) is 5.75 Å². The average molecular weight is 261 g/mol. The van der Waals surface area contributed by atoms with Crippen LogP contribution in [-0.2, 0) is 0 Å². The summed E-state index contributed by atoms with van der Waals surface area (Å²) in [5.74, 6) is 0.957. The van der Waals surface area contributed by atoms with Crippen molar-refractivity contribution >= 4 is 5.69 Å². The molecule has 1 heterocycles. The fourth-order valence-corrected chi connectivity index (χ4v) is 2.38. The SMILES string of the molecule is COc1ccccc1N1CCN(CC=CCN)CC1. The maximum absolute atomic E-state index is 5.45. The molecule has 1 saturated heterocycles. The summed E-state index contributed by atoms with van der Waals surface area (Å²) in [4.78, 5) is 4.83. The number of nitrogens with zero attached hydrogens (tertiary/aromatic N) is 2. The molecule has 2 rings (SSSR count). The van der Waals surface area contributed by atoms with Gasteiger partial charge >= 0.3 is 0 Å². The van der Waals surface area contributed by atoms with E-state index in [1.807, 2.05) is 18.2 Å². The van der Waals surface area contributed by atoms with Gasteiger partial charge in [-0.15, -0.1) is 0 Å². The van der Waals surface area contributed by atoms with Gasteiger partial charge in [-0.05, 0) is 12.1 Å². The number of nitrogens with two attached hydrogens (primary N) is 1. The van der Waals surface area contributed by atoms with Crippen LogP contribution in [0.5, 0.6) is 5.75 Å². The highest BCUT2D eigenvalue weighted by atomic mass is 16.5. The van der Waals surface area contributed by atoms with Crippen LogP contribution in [0.15, 0.2) is 36.4 Å². The van der Waals surface area contributed by atoms with Crippen molar-refractivity contribution in [3.63, 3.8) is 0 Å². The van der Waals surface area contributed by atoms with Crippen LogP contribution in [0.2, 0.25) is 0 Å². The van der Waals surface area contributed by atoms with Gasteiger partial charge < -0.3 is 15.4 Å². The molecular weight excluding hydrogens is 238 g/mol. The molecule has 1 aliphatic rings. The predicted octanol–water partition coefficient (Wildman–Crippen LogP) is 1.33. The van der Waals surface area contributed by atoms with Gasteiger partial charge in [0, 0.05) is 39.3 Å². The van der Waals surface area contributed by atoms with Gasteiger partial charge in [-0.2, -0.15) is 0 Å². The maximum atomic E-state index is 5.45. The Labute approximate surface area is 115 Å². The van der Waals surface area contributed by atoms with Crippen molar-refractivity contribution in [2.24, 2.45) is 5.73 Å². The van der Waals surface area contributed by atoms with E-state index < -0.39 is 0 Å². The van der Waals surface area contributed by atoms with E-state index in [1.54, 1.807) is 7.11 Å². The first-order valence-electron chi connectivity index (χ1n) is 6.80. The molecule has 104 valence electrons. The number of benzene rings is 1. The highest BCUT2D eigenvalue weighted by Crippen LogP contribution is 2.28. The van der Waals surface area contributed by atoms with E-state index in [9.17, 15) is 0 Å². The number of anilines is 1. The summed E-state index contributed by atoms with van der Waals surface area (Å²) in [6.45, 7) is 5.85. The quantitative estimate of drug-likeness (QED) is 0.812. The zero-order valence-electron chi connectivity index (χ0n) is 11.6. The van der Waals surface area contributed by atoms with Crippen LogP contribution >= 0.6 is 0 Å². The van der Waals surface area contributed by atoms with Gasteiger partial charge in [0.05, 0.1) is 12.8 Å². The van der Waals surface area contributed by atoms with Crippen LogP contribution in [-0.4, -0.2) is 51.3 Å². The minimum atomic E-state index is 0.626. The maximum Gasteiger partial charge on any atom is 0.142 e. The third-order valence-corrected chi connectivity index (χ3v) is 3.46. The van der Waals surface area contributed by atoms with Gasteiger partial charge in [-0.3, -0.25) is 4.90 Å². The minimum Gasteiger partial charge on any atom is -0.495 e. The van der Waals surface area contributed by atoms with Crippen molar-refractivity contribution in [3.8, 4) is 5.75 Å². The second-order valence-corrected chi connectivity index (χ2v) is 4.67. The molecule has 1 aromatic carbocycles. The van der Waals surface area contributed by atoms with Crippen LogP contribution in [0.25, 0.3) is 0 Å². The molecule has 0 aliphatic carbocycles. The van der Waals surface area contributed by atoms with E-state index in [0.29, 0.717) is 6.54 Å². The minimum absolute atomic E-state index is 0.626. The lowest BCUT2D eigenvalue weighted by Crippen LogP contribution is -2.46. The fraction of sp³-hybridized carbons (Fsp3) is 0.467. The molecule has 0 bridgehead atoms. The standard InChI is InChI=1S/C15H23N3O/c1-19-15-7-3-2-6-14(15)18-12-10-17(11-13-18)9-5-4-8-16/h2-7H,8-13,16H2,1H3. The van der Waals surface area contributed by atoms with Crippen molar-refractivity contribution in [3.05, 3.63) is 36.4 Å². The summed E-state index contributed by atoms with van der Waals surface area (Å²) >= 11 is 0. The van der Waals surface area contributed by atoms with Gasteiger partial charge in [-0.25, -0.2) is 0 Å². The Balaban J connectivity index is 1.90. The average Bonchev–Trinajstić information content (AvgIpc) is 2.48. The first kappa shape index (κ1) is 13.9. The molecule has 4 nitrogen and oxygen atoms in total. The number of ether oxygens (including phenoxy) is 1. The topological polar surface area (TPSA) is 41.7 Å². The highest BCUT2D eigenvalue weighted by Gasteiger charge is 2.18. The van der Waals surface area contributed by atoms with Crippen LogP contribution in [0.4, 0.5) is 5.69 Å². The van der Waals surface area contributed by atoms with Crippen molar-refractivity contribution in [2.75, 3.05) is 51.3 Å². The van der Waals surface area contributed by atoms with Crippen LogP contribution in [0.1, 0.15) is 0 Å². The van der Waals surface area contributed by atoms with Crippen LogP contribution < -0.4 is 15.4 Å². The molecule has 1 aromatic rings. The molecule has 19 heavy (non-hydrogen) atoms. The lowest BCUT2D eigenvalue weighted by Gasteiger charge is -2.36. The highest BCUT2D eigenvalue weighted by molar-refractivity contribution is 5.58. The lowest BCUT2D eigenvalue weighted by molar-refractivity contribution is 0.282. The van der Waals surface area contributed by atoms with Gasteiger partial charge in [0.25, 0.3) is 0 Å². The molecule has 0 atom stereocenters. The zero-order valence-corrected chi connectivity index (χ0v) is 11.6. The second kappa shape index (κ2) is 7.16. The monoisotopic (exact) mass is 261 g/mol. The Morgan fingerprint density at radius 3 is 2.58 bits per heavy atom. The number of methoxy groups -OCH3 is 1. The van der Waals surface area contributed by atoms with Crippen molar-refractivity contribution in [1.29, 1.82) is 0 Å². The number of hydrogen-bond acceptors (Lipinski definition) is 4. The second-order valence-electron chi connectivity index (χ2n) is 4.67. The molecule has 2 N–H and O–H groups in total. The van der Waals surface area contributed by atoms with Crippen molar-refractivity contribution in [1.82, 2.24) is 4.90 Å². The van der Waals surface area contributed by atoms with E-state index in [2.05, 4.69) is 28.0 Å². The molecule has 0 amide bonds. The Morgan fingerprint density at radius 1 is 1.16 bits per heavy atom. The normalized spacial score (nSPS) is 17.1. The molecule has 0 unspecified atom stereocenters. The van der Waals surface area contributed by atoms with E-state index in [-0.39, 0.29) is 0 Å². The molecule has 0 radical (unpaired) electrons. The molecular formula is C15H23N3O. The smallest absolute Gasteiger partial charge is 0.142 e. The van der Waals surface area contributed by atoms with Gasteiger partial charge in [-0.1, -0.05) is 24.3 Å². The van der Waals surface area contributed by atoms with Crippen molar-refractivity contribution in [2.45, 2.75) is 0 Å². The Hall–Kier alpha value is -1.52. The van der Waals surface area contributed by atoms with Crippen molar-refractivity contribution < 1.29 is 4.74 Å². The molecule has 0 saturated carbocycles. The molecule has 4 heteroatoms. The Kier molecular flexibility index (Phi) is 5.24. The third kappa shape index (κ3) is 3.72. The van der Waals surface area contributed by atoms with E-state index in [4.69, 9.17) is 10.5 Å². The lowest BCUT2D eigenvalue weighted by atomic mass is 10.2. The number of rotatable bonds is 5. The van der Waals surface area contributed by atoms with E-state index in [0.717, 1.165) is 38.5 Å². The summed E-state index contributed by atoms with van der Waals surface area (Å²) in [6, 6.07) is 8.22. The molecule has 0 aromatic heterocycles. The molecule has 1 fully saturated rings. The Bertz CT molecular complexity index is 412. The summed E-state index contributed by atoms with van der Waals surface area (Å²) in [6.07, 6.45) is 4.17. The summed E-state index contributed by atoms with van der Waals surface area (Å²) < 4.78 is 5.42. The van der Waals surface area contributed by atoms with Crippen LogP contribution in [0, 0.1) is 0 Å². The number of hydrogen-bond donors (Lipinski definition) is 1. The number of para-hydroxylation sites is 2. The van der Waals surface area contributed by atoms with Crippen LogP contribution in [0.3, 0.4) is 0 Å². The first-order chi connectivity index (χ1) is 9.35. The summed E-state index contributed by atoms with van der Waals surface area (Å²) in [5, 5.41) is 0.